The molecule has 1 aromatic carbocycles. The standard InChI is InChI=1S/C11H12F2N2O4/c1-6(2)19-5-10(16)14-11-8(13)3-7(12)4-9(11)15(17)18/h3-4,6H,5H2,1-2H3,(H,14,16). The Labute approximate surface area is 107 Å². The van der Waals surface area contributed by atoms with Crippen LogP contribution in [0.3, 0.4) is 0 Å². The molecule has 0 aromatic heterocycles. The van der Waals surface area contributed by atoms with Crippen molar-refractivity contribution in [1.29, 1.82) is 0 Å². The first-order chi connectivity index (χ1) is 8.81. The van der Waals surface area contributed by atoms with Crippen LogP contribution in [0.25, 0.3) is 0 Å². The average molecular weight is 274 g/mol. The zero-order valence-corrected chi connectivity index (χ0v) is 10.3. The molecule has 0 radical (unpaired) electrons. The molecule has 1 aromatic rings. The molecule has 0 unspecified atom stereocenters. The Kier molecular flexibility index (Phi) is 4.87. The number of hydrogen-bond acceptors (Lipinski definition) is 4. The second-order valence-corrected chi connectivity index (χ2v) is 3.95. The second kappa shape index (κ2) is 6.19. The minimum atomic E-state index is -1.22. The van der Waals surface area contributed by atoms with Crippen molar-refractivity contribution in [2.45, 2.75) is 20.0 Å². The number of halogens is 2. The molecule has 6 nitrogen and oxygen atoms in total. The molecule has 0 spiro atoms. The molecule has 0 atom stereocenters. The molecular weight excluding hydrogens is 262 g/mol. The van der Waals surface area contributed by atoms with Gasteiger partial charge in [-0.25, -0.2) is 8.78 Å². The molecule has 0 aliphatic heterocycles. The lowest BCUT2D eigenvalue weighted by molar-refractivity contribution is -0.384. The van der Waals surface area contributed by atoms with E-state index >= 15 is 0 Å². The van der Waals surface area contributed by atoms with Gasteiger partial charge in [0.05, 0.1) is 17.1 Å². The monoisotopic (exact) mass is 274 g/mol. The van der Waals surface area contributed by atoms with Crippen LogP contribution in [0, 0.1) is 21.7 Å². The molecule has 0 heterocycles. The largest absolute Gasteiger partial charge is 0.369 e. The molecule has 1 amide bonds. The fourth-order valence-electron chi connectivity index (χ4n) is 1.25. The maximum Gasteiger partial charge on any atom is 0.298 e. The first-order valence-electron chi connectivity index (χ1n) is 5.36. The number of nitro groups is 1. The van der Waals surface area contributed by atoms with Crippen molar-refractivity contribution >= 4 is 17.3 Å². The van der Waals surface area contributed by atoms with Gasteiger partial charge in [-0.15, -0.1) is 0 Å². The van der Waals surface area contributed by atoms with Gasteiger partial charge in [0, 0.05) is 6.07 Å². The first-order valence-corrected chi connectivity index (χ1v) is 5.36. The summed E-state index contributed by atoms with van der Waals surface area (Å²) in [5, 5.41) is 12.7. The van der Waals surface area contributed by atoms with E-state index in [1.54, 1.807) is 13.8 Å². The summed E-state index contributed by atoms with van der Waals surface area (Å²) in [6.07, 6.45) is -0.223. The highest BCUT2D eigenvalue weighted by atomic mass is 19.1. The quantitative estimate of drug-likeness (QED) is 0.659. The Hall–Kier alpha value is -2.09. The Balaban J connectivity index is 2.94. The highest BCUT2D eigenvalue weighted by Gasteiger charge is 2.22. The number of hydrogen-bond donors (Lipinski definition) is 1. The van der Waals surface area contributed by atoms with Crippen molar-refractivity contribution < 1.29 is 23.2 Å². The number of nitro benzene ring substituents is 1. The lowest BCUT2D eigenvalue weighted by Gasteiger charge is -2.09. The molecule has 0 aliphatic rings. The summed E-state index contributed by atoms with van der Waals surface area (Å²) in [7, 11) is 0. The van der Waals surface area contributed by atoms with E-state index < -0.39 is 33.8 Å². The van der Waals surface area contributed by atoms with Crippen molar-refractivity contribution in [2.75, 3.05) is 11.9 Å². The number of ether oxygens (including phenoxy) is 1. The lowest BCUT2D eigenvalue weighted by atomic mass is 10.2. The van der Waals surface area contributed by atoms with E-state index in [-0.39, 0.29) is 12.7 Å². The molecule has 8 heteroatoms. The van der Waals surface area contributed by atoms with Crippen molar-refractivity contribution in [2.24, 2.45) is 0 Å². The highest BCUT2D eigenvalue weighted by molar-refractivity contribution is 5.94. The maximum absolute atomic E-state index is 13.4. The number of benzene rings is 1. The van der Waals surface area contributed by atoms with Gasteiger partial charge in [0.1, 0.15) is 12.4 Å². The normalized spacial score (nSPS) is 10.6. The third-order valence-electron chi connectivity index (χ3n) is 2.04. The summed E-state index contributed by atoms with van der Waals surface area (Å²) in [5.41, 5.74) is -1.53. The van der Waals surface area contributed by atoms with Crippen LogP contribution < -0.4 is 5.32 Å². The topological polar surface area (TPSA) is 81.5 Å². The second-order valence-electron chi connectivity index (χ2n) is 3.95. The third-order valence-corrected chi connectivity index (χ3v) is 2.04. The van der Waals surface area contributed by atoms with Crippen LogP contribution in [-0.4, -0.2) is 23.5 Å². The SMILES string of the molecule is CC(C)OCC(=O)Nc1c(F)cc(F)cc1[N+](=O)[O-]. The van der Waals surface area contributed by atoms with E-state index in [9.17, 15) is 23.7 Å². The number of carbonyl (C=O) groups excluding carboxylic acids is 1. The zero-order chi connectivity index (χ0) is 14.6. The lowest BCUT2D eigenvalue weighted by Crippen LogP contribution is -2.22. The van der Waals surface area contributed by atoms with Crippen molar-refractivity contribution in [3.63, 3.8) is 0 Å². The fourth-order valence-corrected chi connectivity index (χ4v) is 1.25. The van der Waals surface area contributed by atoms with Gasteiger partial charge >= 0.3 is 0 Å². The van der Waals surface area contributed by atoms with Gasteiger partial charge in [0.15, 0.2) is 11.5 Å². The van der Waals surface area contributed by atoms with Crippen LogP contribution in [0.1, 0.15) is 13.8 Å². The highest BCUT2D eigenvalue weighted by Crippen LogP contribution is 2.28. The van der Waals surface area contributed by atoms with Gasteiger partial charge in [-0.1, -0.05) is 0 Å². The van der Waals surface area contributed by atoms with E-state index in [0.717, 1.165) is 0 Å². The molecule has 0 aliphatic carbocycles. The third kappa shape index (κ3) is 4.25. The number of anilines is 1. The minimum Gasteiger partial charge on any atom is -0.369 e. The summed E-state index contributed by atoms with van der Waals surface area (Å²) in [5.74, 6) is -3.08. The Morgan fingerprint density at radius 2 is 2.11 bits per heavy atom. The Bertz CT molecular complexity index is 506. The van der Waals surface area contributed by atoms with Gasteiger partial charge in [-0.05, 0) is 13.8 Å². The predicted octanol–water partition coefficient (Wildman–Crippen LogP) is 2.24. The van der Waals surface area contributed by atoms with Gasteiger partial charge in [-0.3, -0.25) is 14.9 Å². The fraction of sp³-hybridized carbons (Fsp3) is 0.364. The van der Waals surface area contributed by atoms with Crippen molar-refractivity contribution in [1.82, 2.24) is 0 Å². The smallest absolute Gasteiger partial charge is 0.298 e. The molecule has 1 N–H and O–H groups in total. The molecule has 104 valence electrons. The number of nitrogens with one attached hydrogen (secondary N) is 1. The summed E-state index contributed by atoms with van der Waals surface area (Å²) >= 11 is 0. The number of nitrogens with zero attached hydrogens (tertiary/aromatic N) is 1. The van der Waals surface area contributed by atoms with Crippen LogP contribution in [0.5, 0.6) is 0 Å². The molecule has 0 saturated heterocycles. The van der Waals surface area contributed by atoms with E-state index in [1.165, 1.54) is 0 Å². The van der Waals surface area contributed by atoms with Gasteiger partial charge in [-0.2, -0.15) is 0 Å². The van der Waals surface area contributed by atoms with Crippen LogP contribution >= 0.6 is 0 Å². The Morgan fingerprint density at radius 1 is 1.47 bits per heavy atom. The molecule has 0 saturated carbocycles. The van der Waals surface area contributed by atoms with Crippen molar-refractivity contribution in [3.05, 3.63) is 33.9 Å². The summed E-state index contributed by atoms with van der Waals surface area (Å²) in [4.78, 5) is 21.1. The molecular formula is C11H12F2N2O4. The maximum atomic E-state index is 13.4. The van der Waals surface area contributed by atoms with Gasteiger partial charge < -0.3 is 10.1 Å². The molecule has 0 fully saturated rings. The Morgan fingerprint density at radius 3 is 2.63 bits per heavy atom. The van der Waals surface area contributed by atoms with Crippen LogP contribution in [0.4, 0.5) is 20.2 Å². The first kappa shape index (κ1) is 15.0. The van der Waals surface area contributed by atoms with E-state index in [4.69, 9.17) is 4.74 Å². The van der Waals surface area contributed by atoms with Gasteiger partial charge in [0.25, 0.3) is 11.6 Å². The van der Waals surface area contributed by atoms with E-state index in [0.29, 0.717) is 12.1 Å². The van der Waals surface area contributed by atoms with Crippen LogP contribution in [-0.2, 0) is 9.53 Å². The van der Waals surface area contributed by atoms with Crippen molar-refractivity contribution in [3.8, 4) is 0 Å². The summed E-state index contributed by atoms with van der Waals surface area (Å²) in [6.45, 7) is 2.99. The number of amides is 1. The number of carbonyl (C=O) groups is 1. The molecule has 1 rings (SSSR count). The van der Waals surface area contributed by atoms with E-state index in [2.05, 4.69) is 0 Å². The summed E-state index contributed by atoms with van der Waals surface area (Å²) < 4.78 is 31.3. The summed E-state index contributed by atoms with van der Waals surface area (Å²) in [6, 6.07) is 0.980. The number of rotatable bonds is 5. The zero-order valence-electron chi connectivity index (χ0n) is 10.3. The van der Waals surface area contributed by atoms with E-state index in [1.807, 2.05) is 5.32 Å². The minimum absolute atomic E-state index is 0.223. The van der Waals surface area contributed by atoms with Crippen LogP contribution in [0.15, 0.2) is 12.1 Å². The van der Waals surface area contributed by atoms with Crippen LogP contribution in [0.2, 0.25) is 0 Å². The predicted molar refractivity (Wildman–Crippen MR) is 62.7 cm³/mol. The average Bonchev–Trinajstić information content (AvgIpc) is 2.29. The molecule has 19 heavy (non-hydrogen) atoms. The molecule has 0 bridgehead atoms. The van der Waals surface area contributed by atoms with Gasteiger partial charge in [0.2, 0.25) is 0 Å².